The Bertz CT molecular complexity index is 518. The van der Waals surface area contributed by atoms with Crippen molar-refractivity contribution < 1.29 is 0 Å². The van der Waals surface area contributed by atoms with Crippen LogP contribution in [0.4, 0.5) is 0 Å². The molecule has 1 unspecified atom stereocenters. The lowest BCUT2D eigenvalue weighted by Gasteiger charge is -2.25. The van der Waals surface area contributed by atoms with Crippen molar-refractivity contribution in [2.24, 2.45) is 5.73 Å². The summed E-state index contributed by atoms with van der Waals surface area (Å²) in [5, 5.41) is 0.694. The van der Waals surface area contributed by atoms with E-state index in [-0.39, 0.29) is 0 Å². The topological polar surface area (TPSA) is 38.9 Å². The van der Waals surface area contributed by atoms with Crippen LogP contribution in [-0.2, 0) is 5.54 Å². The molecule has 1 aromatic heterocycles. The number of aryl methyl sites for hydroxylation is 1. The van der Waals surface area contributed by atoms with Crippen LogP contribution in [0.1, 0.15) is 23.7 Å². The third kappa shape index (κ3) is 2.48. The average Bonchev–Trinajstić information content (AvgIpc) is 2.29. The SMILES string of the molecule is Cc1ccc(C(C)(N)c2cccc(Cl)c2)cn1. The minimum atomic E-state index is -0.578. The van der Waals surface area contributed by atoms with E-state index in [4.69, 9.17) is 17.3 Å². The summed E-state index contributed by atoms with van der Waals surface area (Å²) in [6.45, 7) is 3.92. The zero-order valence-electron chi connectivity index (χ0n) is 9.94. The van der Waals surface area contributed by atoms with E-state index in [0.717, 1.165) is 16.8 Å². The van der Waals surface area contributed by atoms with Crippen molar-refractivity contribution in [2.45, 2.75) is 19.4 Å². The first-order valence-electron chi connectivity index (χ1n) is 5.48. The number of hydrogen-bond acceptors (Lipinski definition) is 2. The highest BCUT2D eigenvalue weighted by atomic mass is 35.5. The maximum Gasteiger partial charge on any atom is 0.0652 e. The van der Waals surface area contributed by atoms with E-state index < -0.39 is 5.54 Å². The van der Waals surface area contributed by atoms with Crippen LogP contribution >= 0.6 is 11.6 Å². The van der Waals surface area contributed by atoms with Gasteiger partial charge in [0.2, 0.25) is 0 Å². The molecule has 88 valence electrons. The van der Waals surface area contributed by atoms with Crippen LogP contribution in [0, 0.1) is 6.92 Å². The molecule has 0 bridgehead atoms. The monoisotopic (exact) mass is 246 g/mol. The summed E-state index contributed by atoms with van der Waals surface area (Å²) in [4.78, 5) is 4.28. The summed E-state index contributed by atoms with van der Waals surface area (Å²) in [5.41, 5.74) is 8.74. The first-order chi connectivity index (χ1) is 8.00. The van der Waals surface area contributed by atoms with Crippen LogP contribution in [0.25, 0.3) is 0 Å². The lowest BCUT2D eigenvalue weighted by Crippen LogP contribution is -2.34. The molecule has 1 heterocycles. The standard InChI is InChI=1S/C14H15ClN2/c1-10-6-7-12(9-17-10)14(2,16)11-4-3-5-13(15)8-11/h3-9H,16H2,1-2H3. The molecule has 1 aromatic carbocycles. The Hall–Kier alpha value is -1.38. The Kier molecular flexibility index (Phi) is 3.18. The molecular weight excluding hydrogens is 232 g/mol. The first-order valence-corrected chi connectivity index (χ1v) is 5.86. The van der Waals surface area contributed by atoms with Gasteiger partial charge in [-0.05, 0) is 43.2 Å². The number of nitrogens with zero attached hydrogens (tertiary/aromatic N) is 1. The second-order valence-electron chi connectivity index (χ2n) is 4.40. The number of rotatable bonds is 2. The molecule has 3 heteroatoms. The van der Waals surface area contributed by atoms with Gasteiger partial charge in [-0.15, -0.1) is 0 Å². The Labute approximate surface area is 106 Å². The van der Waals surface area contributed by atoms with E-state index in [1.54, 1.807) is 0 Å². The molecule has 1 atom stereocenters. The second-order valence-corrected chi connectivity index (χ2v) is 4.84. The van der Waals surface area contributed by atoms with Crippen LogP contribution in [0.15, 0.2) is 42.6 Å². The minimum Gasteiger partial charge on any atom is -0.318 e. The maximum absolute atomic E-state index is 6.38. The zero-order valence-corrected chi connectivity index (χ0v) is 10.7. The Morgan fingerprint density at radius 3 is 2.53 bits per heavy atom. The molecular formula is C14H15ClN2. The highest BCUT2D eigenvalue weighted by Gasteiger charge is 2.24. The molecule has 0 aliphatic heterocycles. The van der Waals surface area contributed by atoms with Crippen molar-refractivity contribution in [3.63, 3.8) is 0 Å². The van der Waals surface area contributed by atoms with Crippen LogP contribution in [0.3, 0.4) is 0 Å². The van der Waals surface area contributed by atoms with Crippen molar-refractivity contribution in [3.8, 4) is 0 Å². The van der Waals surface area contributed by atoms with Crippen molar-refractivity contribution in [1.29, 1.82) is 0 Å². The van der Waals surface area contributed by atoms with Crippen LogP contribution < -0.4 is 5.73 Å². The summed E-state index contributed by atoms with van der Waals surface area (Å²) < 4.78 is 0. The average molecular weight is 247 g/mol. The largest absolute Gasteiger partial charge is 0.318 e. The molecule has 0 aliphatic rings. The third-order valence-corrected chi connectivity index (χ3v) is 3.17. The summed E-state index contributed by atoms with van der Waals surface area (Å²) in [6.07, 6.45) is 1.82. The van der Waals surface area contributed by atoms with Gasteiger partial charge >= 0.3 is 0 Å². The fraction of sp³-hybridized carbons (Fsp3) is 0.214. The zero-order chi connectivity index (χ0) is 12.5. The smallest absolute Gasteiger partial charge is 0.0652 e. The van der Waals surface area contributed by atoms with Gasteiger partial charge in [0.05, 0.1) is 5.54 Å². The van der Waals surface area contributed by atoms with Gasteiger partial charge in [0, 0.05) is 16.9 Å². The van der Waals surface area contributed by atoms with Gasteiger partial charge in [-0.25, -0.2) is 0 Å². The van der Waals surface area contributed by atoms with E-state index in [2.05, 4.69) is 4.98 Å². The Morgan fingerprint density at radius 1 is 1.18 bits per heavy atom. The molecule has 2 nitrogen and oxygen atoms in total. The van der Waals surface area contributed by atoms with Crippen molar-refractivity contribution >= 4 is 11.6 Å². The fourth-order valence-corrected chi connectivity index (χ4v) is 1.94. The summed E-state index contributed by atoms with van der Waals surface area (Å²) in [7, 11) is 0. The number of benzene rings is 1. The number of aromatic nitrogens is 1. The van der Waals surface area contributed by atoms with Gasteiger partial charge in [-0.3, -0.25) is 4.98 Å². The van der Waals surface area contributed by atoms with Gasteiger partial charge in [-0.2, -0.15) is 0 Å². The van der Waals surface area contributed by atoms with Gasteiger partial charge in [0.25, 0.3) is 0 Å². The normalized spacial score (nSPS) is 14.4. The lowest BCUT2D eigenvalue weighted by molar-refractivity contribution is 0.600. The van der Waals surface area contributed by atoms with E-state index in [1.807, 2.05) is 56.4 Å². The van der Waals surface area contributed by atoms with E-state index in [1.165, 1.54) is 0 Å². The summed E-state index contributed by atoms with van der Waals surface area (Å²) >= 11 is 5.99. The van der Waals surface area contributed by atoms with E-state index in [0.29, 0.717) is 5.02 Å². The highest BCUT2D eigenvalue weighted by Crippen LogP contribution is 2.27. The molecule has 17 heavy (non-hydrogen) atoms. The molecule has 0 spiro atoms. The van der Waals surface area contributed by atoms with Gasteiger partial charge in [0.15, 0.2) is 0 Å². The maximum atomic E-state index is 6.38. The molecule has 2 N–H and O–H groups in total. The van der Waals surface area contributed by atoms with Crippen LogP contribution in [-0.4, -0.2) is 4.98 Å². The first kappa shape index (κ1) is 12.1. The molecule has 0 saturated heterocycles. The van der Waals surface area contributed by atoms with Crippen molar-refractivity contribution in [3.05, 3.63) is 64.4 Å². The van der Waals surface area contributed by atoms with Crippen LogP contribution in [0.2, 0.25) is 5.02 Å². The molecule has 0 fully saturated rings. The van der Waals surface area contributed by atoms with Gasteiger partial charge in [-0.1, -0.05) is 29.8 Å². The number of halogens is 1. The van der Waals surface area contributed by atoms with Crippen molar-refractivity contribution in [1.82, 2.24) is 4.98 Å². The van der Waals surface area contributed by atoms with E-state index in [9.17, 15) is 0 Å². The molecule has 0 aliphatic carbocycles. The molecule has 2 aromatic rings. The van der Waals surface area contributed by atoms with Crippen molar-refractivity contribution in [2.75, 3.05) is 0 Å². The van der Waals surface area contributed by atoms with Crippen LogP contribution in [0.5, 0.6) is 0 Å². The van der Waals surface area contributed by atoms with Gasteiger partial charge in [0.1, 0.15) is 0 Å². The third-order valence-electron chi connectivity index (χ3n) is 2.94. The predicted octanol–water partition coefficient (Wildman–Crippen LogP) is 3.27. The minimum absolute atomic E-state index is 0.578. The number of nitrogens with two attached hydrogens (primary N) is 1. The quantitative estimate of drug-likeness (QED) is 0.883. The molecule has 2 rings (SSSR count). The van der Waals surface area contributed by atoms with E-state index >= 15 is 0 Å². The Morgan fingerprint density at radius 2 is 1.94 bits per heavy atom. The molecule has 0 radical (unpaired) electrons. The summed E-state index contributed by atoms with van der Waals surface area (Å²) in [5.74, 6) is 0. The molecule has 0 saturated carbocycles. The molecule has 0 amide bonds. The Balaban J connectivity index is 2.45. The lowest BCUT2D eigenvalue weighted by atomic mass is 9.86. The number of hydrogen-bond donors (Lipinski definition) is 1. The highest BCUT2D eigenvalue weighted by molar-refractivity contribution is 6.30. The predicted molar refractivity (Wildman–Crippen MR) is 71.1 cm³/mol. The van der Waals surface area contributed by atoms with Gasteiger partial charge < -0.3 is 5.73 Å². The summed E-state index contributed by atoms with van der Waals surface area (Å²) in [6, 6.07) is 11.6. The fourth-order valence-electron chi connectivity index (χ4n) is 1.75. The second kappa shape index (κ2) is 4.47. The number of pyridine rings is 1.